The number of sulfonamides is 1. The fraction of sp³-hybridized carbons (Fsp3) is 0.333. The second-order valence-electron chi connectivity index (χ2n) is 5.69. The van der Waals surface area contributed by atoms with Crippen LogP contribution in [-0.2, 0) is 22.9 Å². The Hall–Kier alpha value is -2.25. The molecule has 0 radical (unpaired) electrons. The van der Waals surface area contributed by atoms with E-state index in [9.17, 15) is 8.42 Å². The third-order valence-corrected chi connectivity index (χ3v) is 5.60. The Labute approximate surface area is 147 Å². The number of hydrogen-bond donors (Lipinski definition) is 1. The van der Waals surface area contributed by atoms with E-state index in [1.165, 1.54) is 0 Å². The highest BCUT2D eigenvalue weighted by atomic mass is 32.2. The molecule has 0 amide bonds. The van der Waals surface area contributed by atoms with Crippen molar-refractivity contribution in [2.75, 3.05) is 27.4 Å². The lowest BCUT2D eigenvalue weighted by Gasteiger charge is -2.12. The van der Waals surface area contributed by atoms with Gasteiger partial charge in [0.1, 0.15) is 17.2 Å². The van der Waals surface area contributed by atoms with Crippen LogP contribution in [0.1, 0.15) is 11.1 Å². The first-order valence-electron chi connectivity index (χ1n) is 8.00. The predicted octanol–water partition coefficient (Wildman–Crippen LogP) is 2.16. The molecule has 0 saturated heterocycles. The van der Waals surface area contributed by atoms with E-state index in [-0.39, 0.29) is 11.4 Å². The molecule has 7 heteroatoms. The average Bonchev–Trinajstić information content (AvgIpc) is 3.09. The van der Waals surface area contributed by atoms with Gasteiger partial charge in [-0.2, -0.15) is 0 Å². The van der Waals surface area contributed by atoms with Gasteiger partial charge in [0.25, 0.3) is 0 Å². The quantitative estimate of drug-likeness (QED) is 0.816. The highest BCUT2D eigenvalue weighted by Gasteiger charge is 2.19. The van der Waals surface area contributed by atoms with Gasteiger partial charge in [0.05, 0.1) is 25.7 Å². The van der Waals surface area contributed by atoms with Crippen molar-refractivity contribution in [1.82, 2.24) is 4.72 Å². The topological polar surface area (TPSA) is 73.9 Å². The van der Waals surface area contributed by atoms with E-state index in [2.05, 4.69) is 4.72 Å². The van der Waals surface area contributed by atoms with Crippen LogP contribution in [0, 0.1) is 0 Å². The van der Waals surface area contributed by atoms with Crippen molar-refractivity contribution in [2.45, 2.75) is 17.7 Å². The Balaban J connectivity index is 1.69. The first-order valence-corrected chi connectivity index (χ1v) is 9.48. The molecule has 0 spiro atoms. The fourth-order valence-corrected chi connectivity index (χ4v) is 3.89. The van der Waals surface area contributed by atoms with Crippen LogP contribution in [0.2, 0.25) is 0 Å². The number of nitrogens with one attached hydrogen (secondary N) is 1. The zero-order valence-corrected chi connectivity index (χ0v) is 15.1. The van der Waals surface area contributed by atoms with Gasteiger partial charge >= 0.3 is 0 Å². The molecule has 1 N–H and O–H groups in total. The third kappa shape index (κ3) is 3.88. The lowest BCUT2D eigenvalue weighted by Crippen LogP contribution is -2.26. The molecule has 6 nitrogen and oxygen atoms in total. The molecular weight excluding hydrogens is 342 g/mol. The van der Waals surface area contributed by atoms with Crippen LogP contribution in [0.25, 0.3) is 0 Å². The van der Waals surface area contributed by atoms with Gasteiger partial charge in [0, 0.05) is 13.0 Å². The van der Waals surface area contributed by atoms with E-state index in [1.54, 1.807) is 38.5 Å². The number of ether oxygens (including phenoxy) is 3. The van der Waals surface area contributed by atoms with Crippen molar-refractivity contribution in [2.24, 2.45) is 0 Å². The Morgan fingerprint density at radius 2 is 1.96 bits per heavy atom. The predicted molar refractivity (Wildman–Crippen MR) is 94.1 cm³/mol. The molecule has 0 aliphatic carbocycles. The van der Waals surface area contributed by atoms with E-state index in [4.69, 9.17) is 14.2 Å². The zero-order chi connectivity index (χ0) is 17.9. The van der Waals surface area contributed by atoms with Crippen molar-refractivity contribution < 1.29 is 22.6 Å². The summed E-state index contributed by atoms with van der Waals surface area (Å²) in [5.74, 6) is 2.17. The Morgan fingerprint density at radius 1 is 1.12 bits per heavy atom. The summed E-state index contributed by atoms with van der Waals surface area (Å²) >= 11 is 0. The van der Waals surface area contributed by atoms with Crippen LogP contribution in [0.3, 0.4) is 0 Å². The van der Waals surface area contributed by atoms with Crippen molar-refractivity contribution in [3.05, 3.63) is 47.5 Å². The molecule has 0 saturated carbocycles. The molecule has 2 aromatic rings. The van der Waals surface area contributed by atoms with Gasteiger partial charge in [0.2, 0.25) is 10.0 Å². The lowest BCUT2D eigenvalue weighted by molar-refractivity contribution is 0.356. The number of hydrogen-bond acceptors (Lipinski definition) is 5. The second-order valence-corrected chi connectivity index (χ2v) is 7.46. The second kappa shape index (κ2) is 7.33. The van der Waals surface area contributed by atoms with E-state index < -0.39 is 10.0 Å². The van der Waals surface area contributed by atoms with Gasteiger partial charge in [0.15, 0.2) is 0 Å². The third-order valence-electron chi connectivity index (χ3n) is 4.15. The smallest absolute Gasteiger partial charge is 0.240 e. The molecule has 0 bridgehead atoms. The number of rotatable bonds is 7. The molecule has 3 rings (SSSR count). The standard InChI is InChI=1S/C18H21NO5S/c1-22-15-3-5-17(23-2)13(11-15)7-9-19-25(20,21)16-4-6-18-14(12-16)8-10-24-18/h3-6,11-12,19H,7-10H2,1-2H3. The SMILES string of the molecule is COc1ccc(OC)c(CCNS(=O)(=O)c2ccc3c(c2)CCO3)c1. The Morgan fingerprint density at radius 3 is 2.72 bits per heavy atom. The number of methoxy groups -OCH3 is 2. The minimum Gasteiger partial charge on any atom is -0.497 e. The van der Waals surface area contributed by atoms with Crippen LogP contribution in [-0.4, -0.2) is 35.8 Å². The van der Waals surface area contributed by atoms with Crippen LogP contribution in [0.15, 0.2) is 41.3 Å². The van der Waals surface area contributed by atoms with E-state index in [0.717, 1.165) is 23.3 Å². The van der Waals surface area contributed by atoms with Crippen molar-refractivity contribution in [3.63, 3.8) is 0 Å². The van der Waals surface area contributed by atoms with Crippen molar-refractivity contribution in [3.8, 4) is 17.2 Å². The molecule has 1 aliphatic heterocycles. The van der Waals surface area contributed by atoms with Gasteiger partial charge in [-0.3, -0.25) is 0 Å². The maximum absolute atomic E-state index is 12.5. The summed E-state index contributed by atoms with van der Waals surface area (Å²) in [5, 5.41) is 0. The lowest BCUT2D eigenvalue weighted by atomic mass is 10.1. The summed E-state index contributed by atoms with van der Waals surface area (Å²) in [6.07, 6.45) is 1.23. The summed E-state index contributed by atoms with van der Waals surface area (Å²) in [6.45, 7) is 0.862. The maximum atomic E-state index is 12.5. The molecular formula is C18H21NO5S. The summed E-state index contributed by atoms with van der Waals surface area (Å²) in [7, 11) is -0.390. The number of fused-ring (bicyclic) bond motifs is 1. The monoisotopic (exact) mass is 363 g/mol. The summed E-state index contributed by atoms with van der Waals surface area (Å²) in [4.78, 5) is 0.259. The number of benzene rings is 2. The largest absolute Gasteiger partial charge is 0.497 e. The molecule has 0 aromatic heterocycles. The van der Waals surface area contributed by atoms with Gasteiger partial charge in [-0.05, 0) is 53.9 Å². The van der Waals surface area contributed by atoms with Gasteiger partial charge < -0.3 is 14.2 Å². The van der Waals surface area contributed by atoms with Crippen LogP contribution in [0.5, 0.6) is 17.2 Å². The summed E-state index contributed by atoms with van der Waals surface area (Å²) in [6, 6.07) is 10.4. The van der Waals surface area contributed by atoms with E-state index >= 15 is 0 Å². The van der Waals surface area contributed by atoms with Crippen molar-refractivity contribution >= 4 is 10.0 Å². The Kier molecular flexibility index (Phi) is 5.15. The highest BCUT2D eigenvalue weighted by molar-refractivity contribution is 7.89. The highest BCUT2D eigenvalue weighted by Crippen LogP contribution is 2.28. The first-order chi connectivity index (χ1) is 12.0. The minimum absolute atomic E-state index is 0.259. The normalized spacial score (nSPS) is 13.2. The molecule has 134 valence electrons. The molecule has 1 aliphatic rings. The molecule has 0 fully saturated rings. The summed E-state index contributed by atoms with van der Waals surface area (Å²) < 4.78 is 43.6. The molecule has 0 unspecified atom stereocenters. The zero-order valence-electron chi connectivity index (χ0n) is 14.2. The van der Waals surface area contributed by atoms with Gasteiger partial charge in [-0.1, -0.05) is 0 Å². The molecule has 1 heterocycles. The summed E-state index contributed by atoms with van der Waals surface area (Å²) in [5.41, 5.74) is 1.81. The van der Waals surface area contributed by atoms with Crippen molar-refractivity contribution in [1.29, 1.82) is 0 Å². The van der Waals surface area contributed by atoms with Gasteiger partial charge in [-0.15, -0.1) is 0 Å². The minimum atomic E-state index is -3.56. The molecule has 25 heavy (non-hydrogen) atoms. The van der Waals surface area contributed by atoms with E-state index in [0.29, 0.717) is 24.5 Å². The fourth-order valence-electron chi connectivity index (χ4n) is 2.81. The molecule has 2 aromatic carbocycles. The van der Waals surface area contributed by atoms with Crippen LogP contribution in [0.4, 0.5) is 0 Å². The van der Waals surface area contributed by atoms with Gasteiger partial charge in [-0.25, -0.2) is 13.1 Å². The first kappa shape index (κ1) is 17.6. The Bertz CT molecular complexity index is 864. The maximum Gasteiger partial charge on any atom is 0.240 e. The van der Waals surface area contributed by atoms with Crippen LogP contribution >= 0.6 is 0 Å². The molecule has 0 atom stereocenters. The van der Waals surface area contributed by atoms with Crippen LogP contribution < -0.4 is 18.9 Å². The van der Waals surface area contributed by atoms with E-state index in [1.807, 2.05) is 12.1 Å². The average molecular weight is 363 g/mol.